The Hall–Kier alpha value is -9.55. The molecule has 40 heteroatoms. The fourth-order valence-corrected chi connectivity index (χ4v) is 19.5. The highest BCUT2D eigenvalue weighted by atomic mass is 32.2. The number of thiazole rings is 1. The van der Waals surface area contributed by atoms with Gasteiger partial charge in [0, 0.05) is 80.3 Å². The number of fused-ring (bicyclic) bond motifs is 2. The number of carbonyl (C=O) groups is 9. The minimum atomic E-state index is -4.64. The van der Waals surface area contributed by atoms with Crippen LogP contribution in [0.5, 0.6) is 0 Å². The molecular formula is C83H106N10O26S4. The first-order valence-electron chi connectivity index (χ1n) is 40.5. The third-order valence-corrected chi connectivity index (χ3v) is 25.8. The molecule has 10 N–H and O–H groups in total. The Morgan fingerprint density at radius 3 is 2.21 bits per heavy atom. The number of carboxylic acids is 2. The van der Waals surface area contributed by atoms with Crippen molar-refractivity contribution in [2.45, 2.75) is 192 Å². The molecule has 6 heterocycles. The van der Waals surface area contributed by atoms with Crippen molar-refractivity contribution in [3.05, 3.63) is 124 Å². The lowest BCUT2D eigenvalue weighted by Gasteiger charge is -2.61. The van der Waals surface area contributed by atoms with Gasteiger partial charge in [0.25, 0.3) is 26.1 Å². The molecule has 6 aromatic rings. The van der Waals surface area contributed by atoms with Crippen LogP contribution in [0.25, 0.3) is 21.3 Å². The van der Waals surface area contributed by atoms with Gasteiger partial charge >= 0.3 is 24.2 Å². The number of nitrogens with zero attached hydrogens (tertiary/aromatic N) is 7. The van der Waals surface area contributed by atoms with Crippen molar-refractivity contribution in [2.24, 2.45) is 29.1 Å². The predicted octanol–water partition coefficient (Wildman–Crippen LogP) is 5.77. The predicted molar refractivity (Wildman–Crippen MR) is 447 cm³/mol. The molecule has 4 bridgehead atoms. The van der Waals surface area contributed by atoms with Gasteiger partial charge in [-0.25, -0.2) is 24.4 Å². The Morgan fingerprint density at radius 1 is 0.837 bits per heavy atom. The van der Waals surface area contributed by atoms with Gasteiger partial charge in [0.2, 0.25) is 17.7 Å². The summed E-state index contributed by atoms with van der Waals surface area (Å²) in [7, 11) is -9.01. The van der Waals surface area contributed by atoms with Crippen molar-refractivity contribution in [1.29, 1.82) is 0 Å². The van der Waals surface area contributed by atoms with E-state index in [1.807, 2.05) is 65.4 Å². The maximum absolute atomic E-state index is 14.3. The van der Waals surface area contributed by atoms with Gasteiger partial charge in [0.15, 0.2) is 28.5 Å². The Labute approximate surface area is 719 Å². The molecule has 3 aromatic heterocycles. The lowest BCUT2D eigenvalue weighted by molar-refractivity contribution is -0.228. The number of likely N-dealkylation sites (tertiary alicyclic amines) is 1. The smallest absolute Gasteiger partial charge is 0.410 e. The fourth-order valence-electron chi connectivity index (χ4n) is 17.9. The minimum Gasteiger partial charge on any atom is -0.479 e. The van der Waals surface area contributed by atoms with Gasteiger partial charge < -0.3 is 69.8 Å². The Kier molecular flexibility index (Phi) is 32.6. The molecule has 36 nitrogen and oxygen atoms in total. The number of amides is 5. The van der Waals surface area contributed by atoms with Gasteiger partial charge in [-0.2, -0.15) is 43.3 Å². The van der Waals surface area contributed by atoms with Crippen molar-refractivity contribution in [2.75, 3.05) is 80.2 Å². The zero-order valence-electron chi connectivity index (χ0n) is 69.3. The first-order chi connectivity index (χ1) is 58.3. The van der Waals surface area contributed by atoms with E-state index in [4.69, 9.17) is 43.2 Å². The van der Waals surface area contributed by atoms with E-state index in [0.29, 0.717) is 76.8 Å². The van der Waals surface area contributed by atoms with Gasteiger partial charge in [-0.1, -0.05) is 74.6 Å². The van der Waals surface area contributed by atoms with Gasteiger partial charge in [-0.15, -0.1) is 0 Å². The number of hydrogen-bond acceptors (Lipinski definition) is 28. The lowest BCUT2D eigenvalue weighted by atomic mass is 9.48. The number of carbonyl (C=O) groups excluding carboxylic acids is 9. The second-order valence-corrected chi connectivity index (χ2v) is 37.7. The molecule has 13 rings (SSSR count). The molecule has 2 unspecified atom stereocenters. The molecule has 0 spiro atoms. The number of hydrogen-bond donors (Lipinski definition) is 10. The topological polar surface area (TPSA) is 524 Å². The van der Waals surface area contributed by atoms with Gasteiger partial charge in [0.1, 0.15) is 36.8 Å². The van der Waals surface area contributed by atoms with E-state index < -0.39 is 171 Å². The molecule has 11 atom stereocenters. The highest BCUT2D eigenvalue weighted by Crippen LogP contribution is 2.63. The van der Waals surface area contributed by atoms with Crippen molar-refractivity contribution in [3.63, 3.8) is 0 Å². The number of anilines is 2. The summed E-state index contributed by atoms with van der Waals surface area (Å²) in [5, 5.41) is 66.4. The third-order valence-electron chi connectivity index (χ3n) is 23.5. The van der Waals surface area contributed by atoms with Crippen LogP contribution in [0, 0.1) is 36.0 Å². The molecule has 3 aromatic carbocycles. The lowest BCUT2D eigenvalue weighted by Crippen LogP contribution is -2.59. The van der Waals surface area contributed by atoms with E-state index in [1.54, 1.807) is 69.1 Å². The van der Waals surface area contributed by atoms with Crippen LogP contribution in [0.15, 0.2) is 79.0 Å². The number of aliphatic carboxylic acids is 1. The number of aliphatic hydroxyl groups is 3. The van der Waals surface area contributed by atoms with Gasteiger partial charge in [0.05, 0.1) is 78.1 Å². The number of rotatable bonds is 37. The average Bonchev–Trinajstić information content (AvgIpc) is 0.799. The number of carboxylic acid groups (broad SMARTS) is 2. The van der Waals surface area contributed by atoms with Gasteiger partial charge in [-0.3, -0.25) is 47.9 Å². The number of aromatic nitrogens is 4. The van der Waals surface area contributed by atoms with Crippen LogP contribution in [0.1, 0.15) is 146 Å². The third kappa shape index (κ3) is 24.7. The van der Waals surface area contributed by atoms with Gasteiger partial charge in [-0.05, 0) is 172 Å². The van der Waals surface area contributed by atoms with E-state index in [-0.39, 0.29) is 93.3 Å². The largest absolute Gasteiger partial charge is 0.479 e. The standard InChI is InChI=1S/C80H100N10O24S3.C2H6S.CO2/c1-6-66(93)83-61-31-53(41-111-25-27-117(108,109)110)89(74(61)99)38-54(91)32-57(44(2)3)73(98)82-45(4)62(92)30-47-14-15-52(51(29-47)16-18-63-68(94)69(95)70(96)71(114-63)76(102)103)40-112-78(104)87(23-26-116(105,106)107)22-24-113-80-35-48-28-49(36-80)34-79(33-48,42-80)43-90-46(5)58(37-81-90)55-17-19-65(85-67(55)75(100)101)88-21-20-50-10-9-11-56(59(50)39-88)72(97)86-77-84-60-12-7-8-13-64(60)115-77;1-3-2;2-1-3/h7-15,17,19,29,37,44-45,48-49,53,57,61,63,68-71,94-96H,6,16,18,20-28,30-36,38-43H2,1-5H3,(H,82,98)(H,83,93)(H,100,101)(H,102,103)(H,84,86,97)(H,105,106,107)(H,108,109,110);1-2H3;/t45-,48?,49?,53-,57-,61-,63-,68-,69+,70-,71-,79?,80?;;/m0../s1. The summed E-state index contributed by atoms with van der Waals surface area (Å²) >= 11 is 3.13. The van der Waals surface area contributed by atoms with E-state index in [1.165, 1.54) is 29.2 Å². The summed E-state index contributed by atoms with van der Waals surface area (Å²) in [4.78, 5) is 151. The minimum absolute atomic E-state index is 0.0256. The second-order valence-electron chi connectivity index (χ2n) is 32.7. The van der Waals surface area contributed by atoms with Crippen molar-refractivity contribution in [3.8, 4) is 11.1 Å². The second kappa shape index (κ2) is 42.0. The van der Waals surface area contributed by atoms with E-state index in [0.717, 1.165) is 64.0 Å². The maximum Gasteiger partial charge on any atom is 0.410 e. The normalized spacial score (nSPS) is 23.2. The number of thioether (sulfide) groups is 1. The number of nitrogens with one attached hydrogen (secondary N) is 3. The van der Waals surface area contributed by atoms with Crippen LogP contribution in [0.2, 0.25) is 0 Å². The summed E-state index contributed by atoms with van der Waals surface area (Å²) in [5.41, 5.74) is 4.76. The molecule has 5 amide bonds. The Morgan fingerprint density at radius 2 is 1.54 bits per heavy atom. The van der Waals surface area contributed by atoms with Crippen LogP contribution >= 0.6 is 23.1 Å². The zero-order valence-corrected chi connectivity index (χ0v) is 72.5. The van der Waals surface area contributed by atoms with Crippen LogP contribution in [-0.4, -0.2) is 265 Å². The van der Waals surface area contributed by atoms with Crippen LogP contribution in [0.4, 0.5) is 15.7 Å². The van der Waals surface area contributed by atoms with Crippen molar-refractivity contribution < 1.29 is 123 Å². The Bertz CT molecular complexity index is 5090. The Balaban J connectivity index is 0.00000256. The van der Waals surface area contributed by atoms with Crippen LogP contribution in [-0.2, 0) is 116 Å². The maximum atomic E-state index is 14.3. The summed E-state index contributed by atoms with van der Waals surface area (Å²) in [6, 6.07) is 18.5. The number of aromatic carboxylic acids is 1. The summed E-state index contributed by atoms with van der Waals surface area (Å²) in [6.45, 7) is 7.25. The number of Topliss-reactive ketones (excluding diaryl/α,β-unsaturated/α-hetero) is 2. The zero-order chi connectivity index (χ0) is 89.6. The van der Waals surface area contributed by atoms with Crippen LogP contribution in [0.3, 0.4) is 0 Å². The number of pyridine rings is 1. The highest BCUT2D eigenvalue weighted by molar-refractivity contribution is 7.97. The van der Waals surface area contributed by atoms with Crippen LogP contribution < -0.4 is 20.9 Å². The first-order valence-corrected chi connectivity index (χ1v) is 46.2. The number of ether oxygens (including phenoxy) is 4. The van der Waals surface area contributed by atoms with E-state index in [2.05, 4.69) is 20.9 Å². The molecule has 668 valence electrons. The SMILES string of the molecule is CCC(=O)N[C@H]1C[C@@H](COCCS(=O)(=O)O)N(CC(=O)C[C@H](C(=O)N[C@@H](C)C(=O)Cc2ccc(COC(=O)N(CCOC34CC5CC(CC(Cn6ncc(-c7ccc(N8CCc9cccc(C(=O)Nc%10nc%11ccccc%11s%10)c9C8)nc7C(=O)O)c6C)(C5)C3)C4)CCS(=O)(=O)O)c(CC[C@@H]3O[C@H](C(=O)O)[C@@H](O)[C@H](O)[C@H]3O)c2)C(C)C)C1=O.CSC.O=C=O. The molecule has 4 aliphatic carbocycles. The number of aliphatic hydroxyl groups excluding tert-OH is 3. The van der Waals surface area contributed by atoms with Crippen molar-refractivity contribution >= 4 is 124 Å². The summed E-state index contributed by atoms with van der Waals surface area (Å²) < 4.78 is 93.0. The number of benzene rings is 3. The molecule has 2 saturated heterocycles. The number of ketones is 2. The molecular weight excluding hydrogens is 1680 g/mol. The van der Waals surface area contributed by atoms with E-state index in [9.17, 15) is 90.1 Å². The molecule has 6 fully saturated rings. The molecule has 7 aliphatic rings. The quantitative estimate of drug-likeness (QED) is 0.0163. The average molecular weight is 1790 g/mol. The summed E-state index contributed by atoms with van der Waals surface area (Å²) in [5.74, 6) is -7.94. The highest BCUT2D eigenvalue weighted by Gasteiger charge is 2.59. The fraction of sp³-hybridized carbons (Fsp3) is 0.554. The molecule has 3 aliphatic heterocycles. The number of para-hydroxylation sites is 1. The first kappa shape index (κ1) is 95.7. The molecule has 4 saturated carbocycles. The van der Waals surface area contributed by atoms with E-state index >= 15 is 0 Å². The van der Waals surface area contributed by atoms with Crippen molar-refractivity contribution in [1.82, 2.24) is 40.2 Å². The molecule has 123 heavy (non-hydrogen) atoms. The summed E-state index contributed by atoms with van der Waals surface area (Å²) in [6.07, 6.45) is 0.600. The number of aryl methyl sites for hydroxylation is 1. The monoisotopic (exact) mass is 1790 g/mol. The molecule has 0 radical (unpaired) electrons.